The number of amides is 1. The maximum atomic E-state index is 13.1. The number of aryl methyl sites for hydroxylation is 2. The minimum absolute atomic E-state index is 0.158. The number of nitrogens with zero attached hydrogens (tertiary/aromatic N) is 4. The van der Waals surface area contributed by atoms with Crippen LogP contribution in [0.4, 0.5) is 0 Å². The van der Waals surface area contributed by atoms with Crippen LogP contribution in [0.1, 0.15) is 41.0 Å². The van der Waals surface area contributed by atoms with Crippen LogP contribution in [-0.4, -0.2) is 70.9 Å². The number of carbonyl (C=O) groups is 1. The van der Waals surface area contributed by atoms with Crippen molar-refractivity contribution in [2.75, 3.05) is 39.4 Å². The summed E-state index contributed by atoms with van der Waals surface area (Å²) in [7, 11) is 1.90. The molecule has 3 heterocycles. The second kappa shape index (κ2) is 7.01. The van der Waals surface area contributed by atoms with E-state index in [-0.39, 0.29) is 5.91 Å². The van der Waals surface area contributed by atoms with Gasteiger partial charge in [-0.2, -0.15) is 5.10 Å². The van der Waals surface area contributed by atoms with Gasteiger partial charge in [0.2, 0.25) is 0 Å². The lowest BCUT2D eigenvalue weighted by Gasteiger charge is -2.39. The fourth-order valence-corrected chi connectivity index (χ4v) is 3.77. The molecule has 2 fully saturated rings. The zero-order valence-corrected chi connectivity index (χ0v) is 14.5. The van der Waals surface area contributed by atoms with Gasteiger partial charge < -0.3 is 9.64 Å². The summed E-state index contributed by atoms with van der Waals surface area (Å²) in [6.45, 7) is 9.31. The van der Waals surface area contributed by atoms with E-state index < -0.39 is 0 Å². The van der Waals surface area contributed by atoms with Crippen LogP contribution < -0.4 is 0 Å². The molecule has 0 unspecified atom stereocenters. The lowest BCUT2D eigenvalue weighted by atomic mass is 9.99. The molecule has 0 N–H and O–H groups in total. The molecule has 0 bridgehead atoms. The molecule has 0 radical (unpaired) electrons. The molecule has 23 heavy (non-hydrogen) atoms. The second-order valence-corrected chi connectivity index (χ2v) is 6.73. The number of morpholine rings is 1. The van der Waals surface area contributed by atoms with Crippen molar-refractivity contribution in [1.82, 2.24) is 19.6 Å². The van der Waals surface area contributed by atoms with Gasteiger partial charge >= 0.3 is 0 Å². The van der Waals surface area contributed by atoms with E-state index >= 15 is 0 Å². The van der Waals surface area contributed by atoms with E-state index in [1.807, 2.05) is 25.6 Å². The number of rotatable bonds is 3. The van der Waals surface area contributed by atoms with Gasteiger partial charge in [0.15, 0.2) is 0 Å². The Morgan fingerprint density at radius 2 is 1.96 bits per heavy atom. The van der Waals surface area contributed by atoms with Crippen molar-refractivity contribution in [1.29, 1.82) is 0 Å². The Morgan fingerprint density at radius 1 is 1.22 bits per heavy atom. The van der Waals surface area contributed by atoms with E-state index in [4.69, 9.17) is 4.74 Å². The number of carbonyl (C=O) groups excluding carboxylic acids is 1. The predicted molar refractivity (Wildman–Crippen MR) is 88.6 cm³/mol. The molecule has 0 saturated carbocycles. The first-order valence-corrected chi connectivity index (χ1v) is 8.69. The summed E-state index contributed by atoms with van der Waals surface area (Å²) in [6.07, 6.45) is 3.41. The first kappa shape index (κ1) is 16.5. The molecule has 1 amide bonds. The Morgan fingerprint density at radius 3 is 2.61 bits per heavy atom. The van der Waals surface area contributed by atoms with Gasteiger partial charge in [-0.3, -0.25) is 14.4 Å². The number of ether oxygens (including phenoxy) is 1. The maximum Gasteiger partial charge on any atom is 0.257 e. The summed E-state index contributed by atoms with van der Waals surface area (Å²) in [4.78, 5) is 17.7. The second-order valence-electron chi connectivity index (χ2n) is 6.73. The lowest BCUT2D eigenvalue weighted by Crippen LogP contribution is -2.51. The van der Waals surface area contributed by atoms with Crippen LogP contribution in [0.15, 0.2) is 0 Å². The molecule has 3 rings (SSSR count). The zero-order chi connectivity index (χ0) is 16.4. The van der Waals surface area contributed by atoms with Crippen molar-refractivity contribution in [3.63, 3.8) is 0 Å². The van der Waals surface area contributed by atoms with Crippen molar-refractivity contribution in [2.45, 2.75) is 39.2 Å². The van der Waals surface area contributed by atoms with E-state index in [0.717, 1.165) is 69.2 Å². The van der Waals surface area contributed by atoms with Crippen LogP contribution in [0.3, 0.4) is 0 Å². The highest BCUT2D eigenvalue weighted by Crippen LogP contribution is 2.23. The van der Waals surface area contributed by atoms with Gasteiger partial charge in [0, 0.05) is 45.0 Å². The van der Waals surface area contributed by atoms with E-state index in [0.29, 0.717) is 6.04 Å². The summed E-state index contributed by atoms with van der Waals surface area (Å²) in [5.41, 5.74) is 2.59. The minimum Gasteiger partial charge on any atom is -0.379 e. The molecule has 6 nitrogen and oxygen atoms in total. The molecule has 0 aliphatic carbocycles. The molecule has 1 aromatic heterocycles. The smallest absolute Gasteiger partial charge is 0.257 e. The highest BCUT2D eigenvalue weighted by Gasteiger charge is 2.31. The fourth-order valence-electron chi connectivity index (χ4n) is 3.77. The summed E-state index contributed by atoms with van der Waals surface area (Å²) >= 11 is 0. The normalized spacial score (nSPS) is 23.3. The van der Waals surface area contributed by atoms with E-state index in [2.05, 4.69) is 14.9 Å². The van der Waals surface area contributed by atoms with Gasteiger partial charge in [0.25, 0.3) is 5.91 Å². The fraction of sp³-hybridized carbons (Fsp3) is 0.765. The van der Waals surface area contributed by atoms with Crippen LogP contribution in [0, 0.1) is 13.8 Å². The molecular formula is C17H28N4O2. The summed E-state index contributed by atoms with van der Waals surface area (Å²) in [5, 5.41) is 4.41. The largest absolute Gasteiger partial charge is 0.379 e. The maximum absolute atomic E-state index is 13.1. The first-order chi connectivity index (χ1) is 11.1. The van der Waals surface area contributed by atoms with Gasteiger partial charge in [0.1, 0.15) is 0 Å². The quantitative estimate of drug-likeness (QED) is 0.844. The van der Waals surface area contributed by atoms with E-state index in [1.54, 1.807) is 0 Å². The highest BCUT2D eigenvalue weighted by molar-refractivity contribution is 5.96. The van der Waals surface area contributed by atoms with E-state index in [1.165, 1.54) is 6.42 Å². The number of aromatic nitrogens is 2. The third-order valence-corrected chi connectivity index (χ3v) is 5.18. The molecule has 1 aromatic rings. The number of hydrogen-bond donors (Lipinski definition) is 0. The van der Waals surface area contributed by atoms with Crippen LogP contribution in [-0.2, 0) is 11.8 Å². The van der Waals surface area contributed by atoms with Crippen molar-refractivity contribution in [2.24, 2.45) is 7.05 Å². The van der Waals surface area contributed by atoms with Crippen molar-refractivity contribution >= 4 is 5.91 Å². The first-order valence-electron chi connectivity index (χ1n) is 8.69. The lowest BCUT2D eigenvalue weighted by molar-refractivity contribution is 0.0166. The highest BCUT2D eigenvalue weighted by atomic mass is 16.5. The van der Waals surface area contributed by atoms with E-state index in [9.17, 15) is 4.79 Å². The van der Waals surface area contributed by atoms with Gasteiger partial charge in [0.05, 0.1) is 24.5 Å². The van der Waals surface area contributed by atoms with Gasteiger partial charge in [-0.25, -0.2) is 0 Å². The number of piperidine rings is 1. The van der Waals surface area contributed by atoms with Crippen LogP contribution >= 0.6 is 0 Å². The molecule has 2 saturated heterocycles. The van der Waals surface area contributed by atoms with Crippen LogP contribution in [0.5, 0.6) is 0 Å². The standard InChI is InChI=1S/C17H28N4O2/c1-13-16(14(2)19(3)18-13)17(22)21-7-5-4-6-15(21)12-20-8-10-23-11-9-20/h15H,4-12H2,1-3H3/t15-/m0/s1. The Hall–Kier alpha value is -1.40. The van der Waals surface area contributed by atoms with Gasteiger partial charge in [-0.1, -0.05) is 0 Å². The summed E-state index contributed by atoms with van der Waals surface area (Å²) in [5.74, 6) is 0.158. The van der Waals surface area contributed by atoms with Crippen molar-refractivity contribution in [3.05, 3.63) is 17.0 Å². The van der Waals surface area contributed by atoms with Gasteiger partial charge in [-0.15, -0.1) is 0 Å². The Labute approximate surface area is 138 Å². The Bertz CT molecular complexity index is 563. The topological polar surface area (TPSA) is 50.6 Å². The van der Waals surface area contributed by atoms with Crippen molar-refractivity contribution in [3.8, 4) is 0 Å². The molecule has 2 aliphatic heterocycles. The summed E-state index contributed by atoms with van der Waals surface area (Å²) in [6, 6.07) is 0.313. The molecule has 6 heteroatoms. The molecular weight excluding hydrogens is 292 g/mol. The SMILES string of the molecule is Cc1nn(C)c(C)c1C(=O)N1CCCC[C@H]1CN1CCOCC1. The number of hydrogen-bond acceptors (Lipinski definition) is 4. The average molecular weight is 320 g/mol. The molecule has 2 aliphatic rings. The molecule has 0 aromatic carbocycles. The molecule has 1 atom stereocenters. The predicted octanol–water partition coefficient (Wildman–Crippen LogP) is 1.36. The minimum atomic E-state index is 0.158. The third-order valence-electron chi connectivity index (χ3n) is 5.18. The third kappa shape index (κ3) is 3.43. The van der Waals surface area contributed by atoms with Crippen molar-refractivity contribution < 1.29 is 9.53 Å². The van der Waals surface area contributed by atoms with Crippen LogP contribution in [0.2, 0.25) is 0 Å². The Balaban J connectivity index is 1.76. The number of likely N-dealkylation sites (tertiary alicyclic amines) is 1. The average Bonchev–Trinajstić information content (AvgIpc) is 2.81. The molecule has 0 spiro atoms. The Kier molecular flexibility index (Phi) is 5.02. The monoisotopic (exact) mass is 320 g/mol. The molecule has 128 valence electrons. The zero-order valence-electron chi connectivity index (χ0n) is 14.5. The summed E-state index contributed by atoms with van der Waals surface area (Å²) < 4.78 is 7.24. The van der Waals surface area contributed by atoms with Gasteiger partial charge in [-0.05, 0) is 33.1 Å². The van der Waals surface area contributed by atoms with Crippen LogP contribution in [0.25, 0.3) is 0 Å².